The fourth-order valence-corrected chi connectivity index (χ4v) is 2.27. The van der Waals surface area contributed by atoms with Crippen molar-refractivity contribution in [3.63, 3.8) is 0 Å². The number of anilines is 1. The third kappa shape index (κ3) is 2.33. The van der Waals surface area contributed by atoms with Gasteiger partial charge in [-0.1, -0.05) is 30.7 Å². The first-order chi connectivity index (χ1) is 8.93. The Balaban J connectivity index is 2.20. The Morgan fingerprint density at radius 3 is 2.42 bits per heavy atom. The number of hydrogen-bond donors (Lipinski definition) is 1. The summed E-state index contributed by atoms with van der Waals surface area (Å²) in [5.74, 6) is -2.98. The first-order valence-electron chi connectivity index (χ1n) is 5.80. The highest BCUT2D eigenvalue weighted by Gasteiger charge is 2.47. The molecule has 2 rings (SSSR count). The van der Waals surface area contributed by atoms with E-state index in [1.807, 2.05) is 0 Å². The summed E-state index contributed by atoms with van der Waals surface area (Å²) in [4.78, 5) is 36.6. The molecule has 0 aromatic heterocycles. The number of likely N-dealkylation sites (tertiary alicyclic amines) is 1. The maximum Gasteiger partial charge on any atom is 0.242 e. The molecule has 1 N–H and O–H groups in total. The molecule has 1 fully saturated rings. The monoisotopic (exact) mass is 280 g/mol. The summed E-state index contributed by atoms with van der Waals surface area (Å²) in [5, 5.41) is 2.97. The number of nitrogens with zero attached hydrogens (tertiary/aromatic N) is 1. The summed E-state index contributed by atoms with van der Waals surface area (Å²) in [7, 11) is 1.38. The molecule has 0 saturated carbocycles. The fraction of sp³-hybridized carbons (Fsp3) is 0.308. The zero-order valence-corrected chi connectivity index (χ0v) is 11.3. The molecular weight excluding hydrogens is 268 g/mol. The molecule has 1 aliphatic rings. The second-order valence-electron chi connectivity index (χ2n) is 4.47. The third-order valence-electron chi connectivity index (χ3n) is 3.23. The average Bonchev–Trinajstić information content (AvgIpc) is 2.57. The number of rotatable bonds is 2. The Hall–Kier alpha value is -1.88. The zero-order chi connectivity index (χ0) is 14.2. The summed E-state index contributed by atoms with van der Waals surface area (Å²) >= 11 is 5.93. The van der Waals surface area contributed by atoms with Crippen LogP contribution in [0.2, 0.25) is 5.02 Å². The lowest BCUT2D eigenvalue weighted by Gasteiger charge is -2.12. The van der Waals surface area contributed by atoms with Crippen molar-refractivity contribution in [2.45, 2.75) is 6.92 Å². The fourth-order valence-electron chi connectivity index (χ4n) is 2.09. The molecule has 0 bridgehead atoms. The third-order valence-corrected chi connectivity index (χ3v) is 3.56. The number of amides is 3. The van der Waals surface area contributed by atoms with Gasteiger partial charge >= 0.3 is 0 Å². The number of benzene rings is 1. The van der Waals surface area contributed by atoms with Crippen molar-refractivity contribution in [3.05, 3.63) is 29.3 Å². The number of carbonyl (C=O) groups excluding carboxylic acids is 3. The molecular formula is C13H13ClN2O3. The Morgan fingerprint density at radius 1 is 1.26 bits per heavy atom. The molecule has 100 valence electrons. The molecule has 1 aromatic carbocycles. The van der Waals surface area contributed by atoms with Crippen LogP contribution < -0.4 is 5.32 Å². The van der Waals surface area contributed by atoms with Gasteiger partial charge in [0.2, 0.25) is 17.7 Å². The van der Waals surface area contributed by atoms with Crippen molar-refractivity contribution in [2.75, 3.05) is 12.4 Å². The Labute approximate surface area is 115 Å². The van der Waals surface area contributed by atoms with Crippen LogP contribution >= 0.6 is 11.6 Å². The molecule has 0 radical (unpaired) electrons. The second kappa shape index (κ2) is 5.01. The number of carbonyl (C=O) groups is 3. The minimum absolute atomic E-state index is 0.343. The summed E-state index contributed by atoms with van der Waals surface area (Å²) in [6.07, 6.45) is 0. The van der Waals surface area contributed by atoms with Gasteiger partial charge in [-0.25, -0.2) is 0 Å². The van der Waals surface area contributed by atoms with Crippen molar-refractivity contribution < 1.29 is 14.4 Å². The molecule has 1 aliphatic heterocycles. The molecule has 0 aliphatic carbocycles. The van der Waals surface area contributed by atoms with E-state index in [4.69, 9.17) is 11.6 Å². The minimum Gasteiger partial charge on any atom is -0.324 e. The van der Waals surface area contributed by atoms with Gasteiger partial charge in [-0.15, -0.1) is 0 Å². The van der Waals surface area contributed by atoms with Crippen LogP contribution in [0.4, 0.5) is 5.69 Å². The van der Waals surface area contributed by atoms with Gasteiger partial charge in [-0.3, -0.25) is 19.3 Å². The highest BCUT2D eigenvalue weighted by atomic mass is 35.5. The van der Waals surface area contributed by atoms with Gasteiger partial charge in [0, 0.05) is 7.05 Å². The maximum atomic E-state index is 12.1. The Morgan fingerprint density at radius 2 is 1.89 bits per heavy atom. The number of para-hydroxylation sites is 1. The van der Waals surface area contributed by atoms with Crippen LogP contribution in [0, 0.1) is 11.8 Å². The quantitative estimate of drug-likeness (QED) is 0.660. The lowest BCUT2D eigenvalue weighted by molar-refractivity contribution is -0.138. The van der Waals surface area contributed by atoms with Crippen molar-refractivity contribution in [1.82, 2.24) is 4.90 Å². The van der Waals surface area contributed by atoms with Crippen molar-refractivity contribution in [1.29, 1.82) is 0 Å². The van der Waals surface area contributed by atoms with Crippen LogP contribution in [0.1, 0.15) is 6.92 Å². The second-order valence-corrected chi connectivity index (χ2v) is 4.88. The van der Waals surface area contributed by atoms with Crippen LogP contribution in [-0.4, -0.2) is 29.7 Å². The van der Waals surface area contributed by atoms with E-state index < -0.39 is 23.7 Å². The lowest BCUT2D eigenvalue weighted by Crippen LogP contribution is -2.32. The van der Waals surface area contributed by atoms with E-state index in [0.29, 0.717) is 10.7 Å². The van der Waals surface area contributed by atoms with E-state index in [-0.39, 0.29) is 5.91 Å². The standard InChI is InChI=1S/C13H13ClN2O3/c1-7-10(13(19)16(2)12(7)18)11(17)15-9-6-4-3-5-8(9)14/h3-7,10H,1-2H3,(H,15,17). The predicted molar refractivity (Wildman–Crippen MR) is 70.5 cm³/mol. The van der Waals surface area contributed by atoms with E-state index in [1.165, 1.54) is 7.05 Å². The van der Waals surface area contributed by atoms with Crippen LogP contribution in [0.15, 0.2) is 24.3 Å². The predicted octanol–water partition coefficient (Wildman–Crippen LogP) is 1.53. The number of nitrogens with one attached hydrogen (secondary N) is 1. The molecule has 1 aromatic rings. The normalized spacial score (nSPS) is 22.8. The minimum atomic E-state index is -0.992. The summed E-state index contributed by atoms with van der Waals surface area (Å²) in [6.45, 7) is 1.57. The van der Waals surface area contributed by atoms with Crippen LogP contribution in [-0.2, 0) is 14.4 Å². The van der Waals surface area contributed by atoms with Crippen LogP contribution in [0.5, 0.6) is 0 Å². The van der Waals surface area contributed by atoms with Crippen molar-refractivity contribution in [3.8, 4) is 0 Å². The van der Waals surface area contributed by atoms with E-state index in [2.05, 4.69) is 5.32 Å². The summed E-state index contributed by atoms with van der Waals surface area (Å²) < 4.78 is 0. The Kier molecular flexibility index (Phi) is 3.57. The Bertz CT molecular complexity index is 559. The van der Waals surface area contributed by atoms with Gasteiger partial charge in [-0.2, -0.15) is 0 Å². The van der Waals surface area contributed by atoms with E-state index in [1.54, 1.807) is 31.2 Å². The van der Waals surface area contributed by atoms with Crippen LogP contribution in [0.25, 0.3) is 0 Å². The highest BCUT2D eigenvalue weighted by Crippen LogP contribution is 2.27. The smallest absolute Gasteiger partial charge is 0.242 e. The van der Waals surface area contributed by atoms with Crippen molar-refractivity contribution in [2.24, 2.45) is 11.8 Å². The van der Waals surface area contributed by atoms with E-state index in [0.717, 1.165) is 4.90 Å². The molecule has 5 nitrogen and oxygen atoms in total. The summed E-state index contributed by atoms with van der Waals surface area (Å²) in [5.41, 5.74) is 0.427. The van der Waals surface area contributed by atoms with E-state index in [9.17, 15) is 14.4 Å². The maximum absolute atomic E-state index is 12.1. The van der Waals surface area contributed by atoms with Gasteiger partial charge in [0.05, 0.1) is 16.6 Å². The molecule has 2 unspecified atom stereocenters. The van der Waals surface area contributed by atoms with Crippen molar-refractivity contribution >= 4 is 35.0 Å². The van der Waals surface area contributed by atoms with Gasteiger partial charge in [0.1, 0.15) is 5.92 Å². The average molecular weight is 281 g/mol. The molecule has 1 saturated heterocycles. The number of halogens is 1. The highest BCUT2D eigenvalue weighted by molar-refractivity contribution is 6.34. The van der Waals surface area contributed by atoms with Gasteiger partial charge in [-0.05, 0) is 12.1 Å². The lowest BCUT2D eigenvalue weighted by atomic mass is 9.96. The molecule has 0 spiro atoms. The van der Waals surface area contributed by atoms with Gasteiger partial charge in [0.25, 0.3) is 0 Å². The SMILES string of the molecule is CC1C(=O)N(C)C(=O)C1C(=O)Nc1ccccc1Cl. The molecule has 3 amide bonds. The first kappa shape index (κ1) is 13.5. The largest absolute Gasteiger partial charge is 0.324 e. The number of hydrogen-bond acceptors (Lipinski definition) is 3. The molecule has 2 atom stereocenters. The summed E-state index contributed by atoms with van der Waals surface area (Å²) in [6, 6.07) is 6.72. The molecule has 6 heteroatoms. The molecule has 19 heavy (non-hydrogen) atoms. The van der Waals surface area contributed by atoms with Crippen LogP contribution in [0.3, 0.4) is 0 Å². The van der Waals surface area contributed by atoms with Gasteiger partial charge in [0.15, 0.2) is 0 Å². The molecule has 1 heterocycles. The van der Waals surface area contributed by atoms with E-state index >= 15 is 0 Å². The topological polar surface area (TPSA) is 66.5 Å². The number of imide groups is 1. The zero-order valence-electron chi connectivity index (χ0n) is 10.5. The van der Waals surface area contributed by atoms with Gasteiger partial charge < -0.3 is 5.32 Å². The first-order valence-corrected chi connectivity index (χ1v) is 6.18.